The quantitative estimate of drug-likeness (QED) is 0.00889. The predicted octanol–water partition coefficient (Wildman–Crippen LogP) is 17.4. The van der Waals surface area contributed by atoms with Crippen molar-refractivity contribution in [2.45, 2.75) is 511 Å². The van der Waals surface area contributed by atoms with Gasteiger partial charge in [0.1, 0.15) is 92.6 Å². The Morgan fingerprint density at radius 3 is 1.11 bits per heavy atom. The molecule has 0 aromatic rings. The predicted molar refractivity (Wildman–Crippen MR) is 453 cm³/mol. The van der Waals surface area contributed by atoms with Gasteiger partial charge in [0, 0.05) is 25.7 Å². The van der Waals surface area contributed by atoms with E-state index in [1.165, 1.54) is 186 Å². The first kappa shape index (κ1) is 108. The molecule has 3 aliphatic rings. The number of aliphatic hydroxyl groups excluding tert-OH is 9. The van der Waals surface area contributed by atoms with E-state index in [9.17, 15) is 74.6 Å². The molecule has 1 aliphatic carbocycles. The molecule has 0 amide bonds. The number of carbonyl (C=O) groups excluding carboxylic acids is 4. The molecule has 688 valence electrons. The van der Waals surface area contributed by atoms with Gasteiger partial charge in [-0.1, -0.05) is 342 Å². The van der Waals surface area contributed by atoms with Crippen LogP contribution in [0.5, 0.6) is 0 Å². The smallest absolute Gasteiger partial charge is 0.463 e. The zero-order valence-electron chi connectivity index (χ0n) is 73.4. The van der Waals surface area contributed by atoms with Crippen molar-refractivity contribution in [2.75, 3.05) is 26.4 Å². The molecule has 19 atom stereocenters. The van der Waals surface area contributed by atoms with Crippen LogP contribution in [0.25, 0.3) is 0 Å². The molecule has 3 fully saturated rings. The van der Waals surface area contributed by atoms with Gasteiger partial charge in [0.2, 0.25) is 0 Å². The molecule has 10 N–H and O–H groups in total. The van der Waals surface area contributed by atoms with Gasteiger partial charge >= 0.3 is 31.7 Å². The zero-order valence-corrected chi connectivity index (χ0v) is 74.3. The van der Waals surface area contributed by atoms with Crippen molar-refractivity contribution >= 4 is 31.7 Å². The number of aliphatic hydroxyl groups is 9. The number of esters is 4. The second kappa shape index (κ2) is 69.5. The third kappa shape index (κ3) is 50.1. The summed E-state index contributed by atoms with van der Waals surface area (Å²) in [7, 11) is -5.81. The highest BCUT2D eigenvalue weighted by Gasteiger charge is 2.60. The number of ether oxygens (including phenoxy) is 8. The summed E-state index contributed by atoms with van der Waals surface area (Å²) in [6.07, 6.45) is 26.4. The van der Waals surface area contributed by atoms with Gasteiger partial charge in [0.25, 0.3) is 0 Å². The van der Waals surface area contributed by atoms with Gasteiger partial charge in [-0.15, -0.1) is 0 Å². The van der Waals surface area contributed by atoms with E-state index in [1.807, 2.05) is 0 Å². The van der Waals surface area contributed by atoms with Crippen LogP contribution in [0, 0.1) is 5.92 Å². The van der Waals surface area contributed by atoms with Crippen LogP contribution in [0.2, 0.25) is 0 Å². The molecule has 0 spiro atoms. The summed E-state index contributed by atoms with van der Waals surface area (Å²) in [6, 6.07) is 0. The third-order valence-corrected chi connectivity index (χ3v) is 24.4. The maximum atomic E-state index is 14.9. The Morgan fingerprint density at radius 1 is 0.359 bits per heavy atom. The number of unbranched alkanes of at least 4 members (excludes halogenated alkanes) is 46. The summed E-state index contributed by atoms with van der Waals surface area (Å²) in [5.41, 5.74) is 0. The second-order valence-corrected chi connectivity index (χ2v) is 35.6. The van der Waals surface area contributed by atoms with Crippen LogP contribution in [-0.2, 0) is 70.7 Å². The lowest BCUT2D eigenvalue weighted by Crippen LogP contribution is -2.70. The minimum absolute atomic E-state index is 0.0162. The molecule has 117 heavy (non-hydrogen) atoms. The Bertz CT molecular complexity index is 2500. The Kier molecular flexibility index (Phi) is 64.4. The first-order chi connectivity index (χ1) is 56.6. The van der Waals surface area contributed by atoms with Gasteiger partial charge in [-0.05, 0) is 57.3 Å². The molecular weight excluding hydrogens is 1520 g/mol. The van der Waals surface area contributed by atoms with E-state index in [0.717, 1.165) is 128 Å². The highest BCUT2D eigenvalue weighted by atomic mass is 31.2. The molecule has 3 rings (SSSR count). The normalized spacial score (nSPS) is 25.3. The SMILES string of the molecule is CCCCCCCC/C=C\CCCCCC(=O)OCC(COP(=O)(O)OC1C(OC2OC(CO)C(O)C(O)C2O)C(O)C(O)C(OC(=O)CCCCCCCCC(C)CCCCCCCC)C1OC1OC(COC(=O)CCCCCCCCCCCCCCC)C(O)C(O)C1O)OC(=O)CCCCCCCCCCCCCCCCCC. The summed E-state index contributed by atoms with van der Waals surface area (Å²) >= 11 is 0. The van der Waals surface area contributed by atoms with Crippen molar-refractivity contribution in [3.63, 3.8) is 0 Å². The van der Waals surface area contributed by atoms with Crippen LogP contribution in [0.15, 0.2) is 12.2 Å². The first-order valence-corrected chi connectivity index (χ1v) is 48.8. The number of allylic oxidation sites excluding steroid dienone is 2. The standard InChI is InChI=1S/C91H169O25P/c1-6-10-14-18-22-25-28-31-32-33-36-39-42-45-52-58-64-76(95)110-71(67-107-74(93)62-56-50-43-40-37-34-29-26-23-19-15-11-7-2)68-109-117(105,106)116-89-87(114-90-84(103)80(99)78(97)72(66-92)111-90)83(102)82(101)86(113-77(96)65-59-53-47-46-49-55-61-70(5)60-54-48-21-17-13-9-4)88(89)115-91-85(104)81(100)79(98)73(112-91)69-108-75(94)63-57-51-44-41-38-35-30-27-24-20-16-12-8-3/h34,37,70-73,78-92,97-104H,6-33,35-36,38-69H2,1-5H3,(H,105,106)/b37-34-. The minimum Gasteiger partial charge on any atom is -0.463 e. The minimum atomic E-state index is -5.81. The van der Waals surface area contributed by atoms with Crippen LogP contribution in [0.4, 0.5) is 0 Å². The number of hydrogen-bond acceptors (Lipinski definition) is 24. The lowest BCUT2D eigenvalue weighted by Gasteiger charge is -2.50. The van der Waals surface area contributed by atoms with Crippen molar-refractivity contribution in [2.24, 2.45) is 5.92 Å². The second-order valence-electron chi connectivity index (χ2n) is 34.2. The van der Waals surface area contributed by atoms with E-state index < -0.39 is 162 Å². The van der Waals surface area contributed by atoms with Crippen LogP contribution < -0.4 is 0 Å². The number of phosphoric ester groups is 1. The molecule has 2 heterocycles. The van der Waals surface area contributed by atoms with Gasteiger partial charge < -0.3 is 88.7 Å². The fourth-order valence-electron chi connectivity index (χ4n) is 15.8. The summed E-state index contributed by atoms with van der Waals surface area (Å²) in [6.45, 7) is 7.89. The average Bonchev–Trinajstić information content (AvgIpc) is 0.754. The van der Waals surface area contributed by atoms with Gasteiger partial charge in [-0.2, -0.15) is 0 Å². The lowest BCUT2D eigenvalue weighted by atomic mass is 9.84. The first-order valence-electron chi connectivity index (χ1n) is 47.3. The summed E-state index contributed by atoms with van der Waals surface area (Å²) in [5.74, 6) is -2.35. The highest BCUT2D eigenvalue weighted by molar-refractivity contribution is 7.47. The van der Waals surface area contributed by atoms with Crippen molar-refractivity contribution < 1.29 is 122 Å². The number of phosphoric acid groups is 1. The average molecular weight is 1690 g/mol. The van der Waals surface area contributed by atoms with E-state index in [-0.39, 0.29) is 25.7 Å². The molecular formula is C91H169O25P. The van der Waals surface area contributed by atoms with E-state index in [0.29, 0.717) is 38.0 Å². The molecule has 1 saturated carbocycles. The fourth-order valence-corrected chi connectivity index (χ4v) is 16.8. The van der Waals surface area contributed by atoms with Crippen molar-refractivity contribution in [3.8, 4) is 0 Å². The van der Waals surface area contributed by atoms with Crippen molar-refractivity contribution in [3.05, 3.63) is 12.2 Å². The number of rotatable bonds is 76. The van der Waals surface area contributed by atoms with Crippen LogP contribution >= 0.6 is 7.82 Å². The molecule has 26 heteroatoms. The van der Waals surface area contributed by atoms with Crippen LogP contribution in [-0.4, -0.2) is 205 Å². The van der Waals surface area contributed by atoms with E-state index in [1.54, 1.807) is 0 Å². The Hall–Kier alpha value is -2.79. The van der Waals surface area contributed by atoms with Crippen molar-refractivity contribution in [1.29, 1.82) is 0 Å². The largest absolute Gasteiger partial charge is 0.472 e. The maximum Gasteiger partial charge on any atom is 0.472 e. The summed E-state index contributed by atoms with van der Waals surface area (Å²) in [5, 5.41) is 102. The highest BCUT2D eigenvalue weighted by Crippen LogP contribution is 2.49. The monoisotopic (exact) mass is 1690 g/mol. The van der Waals surface area contributed by atoms with Crippen LogP contribution in [0.3, 0.4) is 0 Å². The zero-order chi connectivity index (χ0) is 85.5. The molecule has 0 radical (unpaired) electrons. The van der Waals surface area contributed by atoms with Gasteiger partial charge in [0.15, 0.2) is 24.8 Å². The number of hydrogen-bond donors (Lipinski definition) is 10. The van der Waals surface area contributed by atoms with Crippen LogP contribution in [0.1, 0.15) is 407 Å². The van der Waals surface area contributed by atoms with E-state index in [4.69, 9.17) is 46.9 Å². The maximum absolute atomic E-state index is 14.9. The van der Waals surface area contributed by atoms with Gasteiger partial charge in [0.05, 0.1) is 13.2 Å². The molecule has 19 unspecified atom stereocenters. The molecule has 0 bridgehead atoms. The Balaban J connectivity index is 1.93. The lowest BCUT2D eigenvalue weighted by molar-refractivity contribution is -0.360. The Morgan fingerprint density at radius 2 is 0.692 bits per heavy atom. The number of carbonyl (C=O) groups is 4. The summed E-state index contributed by atoms with van der Waals surface area (Å²) in [4.78, 5) is 66.5. The summed E-state index contributed by atoms with van der Waals surface area (Å²) < 4.78 is 73.5. The van der Waals surface area contributed by atoms with E-state index >= 15 is 0 Å². The van der Waals surface area contributed by atoms with Gasteiger partial charge in [-0.25, -0.2) is 4.57 Å². The topological polar surface area (TPSA) is 380 Å². The Labute approximate surface area is 705 Å². The van der Waals surface area contributed by atoms with Crippen molar-refractivity contribution in [1.82, 2.24) is 0 Å². The molecule has 0 aromatic heterocycles. The molecule has 25 nitrogen and oxygen atoms in total. The third-order valence-electron chi connectivity index (χ3n) is 23.4. The molecule has 2 aliphatic heterocycles. The van der Waals surface area contributed by atoms with Gasteiger partial charge in [-0.3, -0.25) is 28.2 Å². The fraction of sp³-hybridized carbons (Fsp3) is 0.934. The van der Waals surface area contributed by atoms with E-state index in [2.05, 4.69) is 46.8 Å². The molecule has 2 saturated heterocycles. The molecule has 0 aromatic carbocycles.